The van der Waals surface area contributed by atoms with Crippen molar-refractivity contribution in [1.82, 2.24) is 4.98 Å². The van der Waals surface area contributed by atoms with E-state index in [9.17, 15) is 4.39 Å². The number of hydrogen-bond acceptors (Lipinski definition) is 5. The van der Waals surface area contributed by atoms with Gasteiger partial charge in [0.1, 0.15) is 28.9 Å². The molecule has 0 amide bonds. The molecule has 0 aliphatic heterocycles. The predicted octanol–water partition coefficient (Wildman–Crippen LogP) is 4.51. The second kappa shape index (κ2) is 7.99. The van der Waals surface area contributed by atoms with E-state index >= 15 is 0 Å². The molecule has 0 aliphatic rings. The van der Waals surface area contributed by atoms with E-state index in [4.69, 9.17) is 14.7 Å². The monoisotopic (exact) mass is 349 g/mol. The molecule has 130 valence electrons. The van der Waals surface area contributed by atoms with Crippen molar-refractivity contribution in [2.24, 2.45) is 0 Å². The number of nitriles is 1. The van der Waals surface area contributed by atoms with Crippen LogP contribution in [-0.2, 0) is 6.54 Å². The molecule has 3 aromatic rings. The van der Waals surface area contributed by atoms with Crippen LogP contribution in [-0.4, -0.2) is 12.1 Å². The fraction of sp³-hybridized carbons (Fsp3) is 0.100. The highest BCUT2D eigenvalue weighted by Gasteiger charge is 2.08. The minimum atomic E-state index is -0.546. The van der Waals surface area contributed by atoms with Gasteiger partial charge in [-0.15, -0.1) is 0 Å². The number of aromatic nitrogens is 1. The number of methoxy groups -OCH3 is 1. The summed E-state index contributed by atoms with van der Waals surface area (Å²) in [5.74, 6) is 1.27. The van der Waals surface area contributed by atoms with Crippen molar-refractivity contribution in [2.75, 3.05) is 12.4 Å². The molecule has 0 radical (unpaired) electrons. The first kappa shape index (κ1) is 17.2. The lowest BCUT2D eigenvalue weighted by Gasteiger charge is -2.10. The van der Waals surface area contributed by atoms with Crippen LogP contribution in [0.4, 0.5) is 10.1 Å². The quantitative estimate of drug-likeness (QED) is 0.709. The van der Waals surface area contributed by atoms with Crippen molar-refractivity contribution in [2.45, 2.75) is 6.54 Å². The number of halogens is 1. The molecule has 2 aromatic carbocycles. The summed E-state index contributed by atoms with van der Waals surface area (Å²) < 4.78 is 24.5. The Kier molecular flexibility index (Phi) is 5.30. The average Bonchev–Trinajstić information content (AvgIpc) is 2.67. The first-order valence-electron chi connectivity index (χ1n) is 7.89. The summed E-state index contributed by atoms with van der Waals surface area (Å²) in [4.78, 5) is 4.19. The Morgan fingerprint density at radius 3 is 2.62 bits per heavy atom. The van der Waals surface area contributed by atoms with Crippen LogP contribution in [0.1, 0.15) is 11.1 Å². The van der Waals surface area contributed by atoms with Gasteiger partial charge in [0.05, 0.1) is 12.8 Å². The molecule has 0 unspecified atom stereocenters. The van der Waals surface area contributed by atoms with E-state index < -0.39 is 5.82 Å². The largest absolute Gasteiger partial charge is 0.497 e. The summed E-state index contributed by atoms with van der Waals surface area (Å²) >= 11 is 0. The van der Waals surface area contributed by atoms with Crippen LogP contribution in [0, 0.1) is 17.1 Å². The molecule has 0 fully saturated rings. The number of nitrogens with zero attached hydrogens (tertiary/aromatic N) is 2. The number of rotatable bonds is 6. The Labute approximate surface area is 150 Å². The van der Waals surface area contributed by atoms with Gasteiger partial charge in [-0.1, -0.05) is 6.07 Å². The molecule has 1 aromatic heterocycles. The van der Waals surface area contributed by atoms with Gasteiger partial charge >= 0.3 is 0 Å². The first-order valence-corrected chi connectivity index (χ1v) is 7.89. The highest BCUT2D eigenvalue weighted by Crippen LogP contribution is 2.23. The molecule has 0 spiro atoms. The summed E-state index contributed by atoms with van der Waals surface area (Å²) in [5.41, 5.74) is 1.33. The predicted molar refractivity (Wildman–Crippen MR) is 95.7 cm³/mol. The van der Waals surface area contributed by atoms with Gasteiger partial charge in [-0.25, -0.2) is 9.37 Å². The van der Waals surface area contributed by atoms with E-state index in [0.29, 0.717) is 23.9 Å². The van der Waals surface area contributed by atoms with Gasteiger partial charge in [0.2, 0.25) is 5.88 Å². The van der Waals surface area contributed by atoms with Crippen LogP contribution in [0.2, 0.25) is 0 Å². The second-order valence-corrected chi connectivity index (χ2v) is 5.41. The minimum Gasteiger partial charge on any atom is -0.497 e. The Hall–Kier alpha value is -3.59. The summed E-state index contributed by atoms with van der Waals surface area (Å²) in [6, 6.07) is 17.1. The topological polar surface area (TPSA) is 67.2 Å². The molecule has 3 rings (SSSR count). The molecule has 1 heterocycles. The highest BCUT2D eigenvalue weighted by atomic mass is 19.1. The molecule has 0 bridgehead atoms. The molecule has 0 aliphatic carbocycles. The lowest BCUT2D eigenvalue weighted by atomic mass is 10.1. The lowest BCUT2D eigenvalue weighted by Crippen LogP contribution is -2.03. The van der Waals surface area contributed by atoms with Crippen LogP contribution in [0.5, 0.6) is 17.4 Å². The molecule has 5 nitrogen and oxygen atoms in total. The third-order valence-corrected chi connectivity index (χ3v) is 3.69. The molecule has 1 N–H and O–H groups in total. The Morgan fingerprint density at radius 1 is 1.12 bits per heavy atom. The Morgan fingerprint density at radius 2 is 1.88 bits per heavy atom. The van der Waals surface area contributed by atoms with Crippen LogP contribution < -0.4 is 14.8 Å². The maximum absolute atomic E-state index is 13.6. The number of pyridine rings is 1. The molecule has 0 saturated heterocycles. The van der Waals surface area contributed by atoms with Crippen LogP contribution >= 0.6 is 0 Å². The number of nitrogens with one attached hydrogen (secondary N) is 1. The SMILES string of the molecule is COc1ccc(Oc2cc(CNc3cccc(F)c3C#N)ccn2)cc1. The summed E-state index contributed by atoms with van der Waals surface area (Å²) in [5, 5.41) is 12.1. The zero-order valence-electron chi connectivity index (χ0n) is 14.1. The van der Waals surface area contributed by atoms with Crippen molar-refractivity contribution in [1.29, 1.82) is 5.26 Å². The molecular formula is C20H16FN3O2. The number of benzene rings is 2. The zero-order chi connectivity index (χ0) is 18.4. The minimum absolute atomic E-state index is 0.00346. The summed E-state index contributed by atoms with van der Waals surface area (Å²) in [7, 11) is 1.60. The average molecular weight is 349 g/mol. The van der Waals surface area contributed by atoms with Gasteiger partial charge < -0.3 is 14.8 Å². The fourth-order valence-corrected chi connectivity index (χ4v) is 2.36. The van der Waals surface area contributed by atoms with Crippen molar-refractivity contribution in [3.8, 4) is 23.4 Å². The molecule has 0 saturated carbocycles. The normalized spacial score (nSPS) is 10.0. The van der Waals surface area contributed by atoms with Gasteiger partial charge in [0, 0.05) is 18.8 Å². The van der Waals surface area contributed by atoms with Crippen molar-refractivity contribution < 1.29 is 13.9 Å². The van der Waals surface area contributed by atoms with E-state index in [1.54, 1.807) is 55.8 Å². The zero-order valence-corrected chi connectivity index (χ0v) is 14.1. The third-order valence-electron chi connectivity index (χ3n) is 3.69. The van der Waals surface area contributed by atoms with Crippen molar-refractivity contribution in [3.05, 3.63) is 77.7 Å². The Bertz CT molecular complexity index is 937. The molecule has 0 atom stereocenters. The lowest BCUT2D eigenvalue weighted by molar-refractivity contribution is 0.412. The van der Waals surface area contributed by atoms with Crippen LogP contribution in [0.25, 0.3) is 0 Å². The van der Waals surface area contributed by atoms with Gasteiger partial charge in [-0.3, -0.25) is 0 Å². The molecule has 6 heteroatoms. The highest BCUT2D eigenvalue weighted by molar-refractivity contribution is 5.58. The first-order chi connectivity index (χ1) is 12.7. The third kappa shape index (κ3) is 4.08. The molecular weight excluding hydrogens is 333 g/mol. The van der Waals surface area contributed by atoms with Gasteiger partial charge in [0.15, 0.2) is 0 Å². The van der Waals surface area contributed by atoms with Gasteiger partial charge in [-0.2, -0.15) is 5.26 Å². The second-order valence-electron chi connectivity index (χ2n) is 5.41. The van der Waals surface area contributed by atoms with Crippen molar-refractivity contribution >= 4 is 5.69 Å². The van der Waals surface area contributed by atoms with Crippen molar-refractivity contribution in [3.63, 3.8) is 0 Å². The van der Waals surface area contributed by atoms with Crippen LogP contribution in [0.15, 0.2) is 60.8 Å². The Balaban J connectivity index is 1.69. The number of ether oxygens (including phenoxy) is 2. The van der Waals surface area contributed by atoms with Gasteiger partial charge in [0.25, 0.3) is 0 Å². The fourth-order valence-electron chi connectivity index (χ4n) is 2.36. The van der Waals surface area contributed by atoms with Gasteiger partial charge in [-0.05, 0) is 48.0 Å². The van der Waals surface area contributed by atoms with E-state index in [1.807, 2.05) is 12.1 Å². The van der Waals surface area contributed by atoms with Crippen LogP contribution in [0.3, 0.4) is 0 Å². The standard InChI is InChI=1S/C20H16FN3O2/c1-25-15-5-7-16(8-6-15)26-20-11-14(9-10-23-20)13-24-19-4-2-3-18(21)17(19)12-22/h2-11,24H,13H2,1H3. The van der Waals surface area contributed by atoms with E-state index in [2.05, 4.69) is 10.3 Å². The number of anilines is 1. The van der Waals surface area contributed by atoms with E-state index in [1.165, 1.54) is 6.07 Å². The molecule has 26 heavy (non-hydrogen) atoms. The summed E-state index contributed by atoms with van der Waals surface area (Å²) in [6.45, 7) is 0.402. The number of hydrogen-bond donors (Lipinski definition) is 1. The maximum Gasteiger partial charge on any atom is 0.219 e. The van der Waals surface area contributed by atoms with E-state index in [-0.39, 0.29) is 5.56 Å². The summed E-state index contributed by atoms with van der Waals surface area (Å²) in [6.07, 6.45) is 1.63. The smallest absolute Gasteiger partial charge is 0.219 e. The van der Waals surface area contributed by atoms with E-state index in [0.717, 1.165) is 11.3 Å². The maximum atomic E-state index is 13.6.